The van der Waals surface area contributed by atoms with Crippen LogP contribution in [0.1, 0.15) is 58.3 Å². The van der Waals surface area contributed by atoms with E-state index in [2.05, 4.69) is 26.1 Å². The van der Waals surface area contributed by atoms with Gasteiger partial charge >= 0.3 is 5.97 Å². The molecule has 1 amide bonds. The standard InChI is InChI=1S/C21H23Cl2NO3S/c1-21(2,3)12-5-6-15-16(9-12)28-19(17(15)20(26)27-4)24-18(25)11-7-13(22)10-14(23)8-11/h7-8,10,12H,5-6,9H2,1-4H3,(H,24,25). The molecule has 0 bridgehead atoms. The molecule has 1 unspecified atom stereocenters. The maximum absolute atomic E-state index is 12.7. The molecule has 0 saturated heterocycles. The first-order valence-corrected chi connectivity index (χ1v) is 10.7. The molecule has 0 saturated carbocycles. The Kier molecular flexibility index (Phi) is 6.08. The van der Waals surface area contributed by atoms with Crippen LogP contribution < -0.4 is 5.32 Å². The number of rotatable bonds is 3. The van der Waals surface area contributed by atoms with E-state index >= 15 is 0 Å². The minimum Gasteiger partial charge on any atom is -0.465 e. The van der Waals surface area contributed by atoms with Gasteiger partial charge in [0, 0.05) is 20.5 Å². The van der Waals surface area contributed by atoms with Crippen LogP contribution in [0.5, 0.6) is 0 Å². The number of benzene rings is 1. The van der Waals surface area contributed by atoms with Gasteiger partial charge in [0.05, 0.1) is 12.7 Å². The zero-order chi connectivity index (χ0) is 20.6. The van der Waals surface area contributed by atoms with Gasteiger partial charge in [0.15, 0.2) is 0 Å². The predicted octanol–water partition coefficient (Wildman–Crippen LogP) is 6.24. The maximum atomic E-state index is 12.7. The summed E-state index contributed by atoms with van der Waals surface area (Å²) in [7, 11) is 1.36. The van der Waals surface area contributed by atoms with Gasteiger partial charge in [0.25, 0.3) is 5.91 Å². The van der Waals surface area contributed by atoms with Crippen LogP contribution in [0.4, 0.5) is 5.00 Å². The number of nitrogens with one attached hydrogen (secondary N) is 1. The molecule has 1 aromatic carbocycles. The highest BCUT2D eigenvalue weighted by molar-refractivity contribution is 7.17. The molecule has 2 aromatic rings. The van der Waals surface area contributed by atoms with Crippen LogP contribution in [0.15, 0.2) is 18.2 Å². The lowest BCUT2D eigenvalue weighted by molar-refractivity contribution is 0.0600. The number of halogens is 2. The minimum absolute atomic E-state index is 0.189. The highest BCUT2D eigenvalue weighted by Crippen LogP contribution is 2.44. The Morgan fingerprint density at radius 3 is 2.39 bits per heavy atom. The van der Waals surface area contributed by atoms with Crippen molar-refractivity contribution in [3.8, 4) is 0 Å². The molecule has 0 spiro atoms. The summed E-state index contributed by atoms with van der Waals surface area (Å²) >= 11 is 13.5. The molecule has 1 atom stereocenters. The molecular weight excluding hydrogens is 417 g/mol. The first-order chi connectivity index (χ1) is 13.1. The molecule has 0 radical (unpaired) electrons. The largest absolute Gasteiger partial charge is 0.465 e. The van der Waals surface area contributed by atoms with E-state index < -0.39 is 5.97 Å². The monoisotopic (exact) mass is 439 g/mol. The van der Waals surface area contributed by atoms with Gasteiger partial charge in [0.2, 0.25) is 0 Å². The number of esters is 1. The lowest BCUT2D eigenvalue weighted by Crippen LogP contribution is -2.26. The van der Waals surface area contributed by atoms with Crippen LogP contribution in [0.3, 0.4) is 0 Å². The predicted molar refractivity (Wildman–Crippen MR) is 115 cm³/mol. The minimum atomic E-state index is -0.425. The summed E-state index contributed by atoms with van der Waals surface area (Å²) in [5.74, 6) is -0.258. The number of anilines is 1. The van der Waals surface area contributed by atoms with Crippen molar-refractivity contribution in [1.82, 2.24) is 0 Å². The van der Waals surface area contributed by atoms with Crippen LogP contribution in [-0.2, 0) is 17.6 Å². The average molecular weight is 440 g/mol. The van der Waals surface area contributed by atoms with E-state index in [1.807, 2.05) is 0 Å². The average Bonchev–Trinajstić information content (AvgIpc) is 2.96. The second-order valence-corrected chi connectivity index (χ2v) is 10.1. The molecule has 0 fully saturated rings. The summed E-state index contributed by atoms with van der Waals surface area (Å²) in [6.45, 7) is 6.72. The van der Waals surface area contributed by atoms with Crippen molar-refractivity contribution in [3.63, 3.8) is 0 Å². The Balaban J connectivity index is 1.96. The van der Waals surface area contributed by atoms with Crippen molar-refractivity contribution >= 4 is 51.4 Å². The zero-order valence-corrected chi connectivity index (χ0v) is 18.6. The topological polar surface area (TPSA) is 55.4 Å². The third kappa shape index (κ3) is 4.37. The Labute approximate surface area is 179 Å². The zero-order valence-electron chi connectivity index (χ0n) is 16.3. The van der Waals surface area contributed by atoms with Crippen LogP contribution in [-0.4, -0.2) is 19.0 Å². The van der Waals surface area contributed by atoms with E-state index in [-0.39, 0.29) is 11.3 Å². The number of amides is 1. The van der Waals surface area contributed by atoms with Crippen LogP contribution >= 0.6 is 34.5 Å². The number of carbonyl (C=O) groups is 2. The number of methoxy groups -OCH3 is 1. The summed E-state index contributed by atoms with van der Waals surface area (Å²) in [6, 6.07) is 4.66. The summed E-state index contributed by atoms with van der Waals surface area (Å²) in [5, 5.41) is 4.15. The number of ether oxygens (including phenoxy) is 1. The van der Waals surface area contributed by atoms with Crippen molar-refractivity contribution in [2.24, 2.45) is 11.3 Å². The summed E-state index contributed by atoms with van der Waals surface area (Å²) < 4.78 is 5.00. The molecule has 150 valence electrons. The molecule has 28 heavy (non-hydrogen) atoms. The molecule has 1 N–H and O–H groups in total. The second-order valence-electron chi connectivity index (χ2n) is 8.12. The molecular formula is C21H23Cl2NO3S. The smallest absolute Gasteiger partial charge is 0.341 e. The van der Waals surface area contributed by atoms with E-state index in [1.165, 1.54) is 18.4 Å². The number of thiophene rings is 1. The first-order valence-electron chi connectivity index (χ1n) is 9.10. The Hall–Kier alpha value is -1.56. The summed E-state index contributed by atoms with van der Waals surface area (Å²) in [4.78, 5) is 26.4. The van der Waals surface area contributed by atoms with Gasteiger partial charge in [-0.15, -0.1) is 11.3 Å². The number of fused-ring (bicyclic) bond motifs is 1. The Morgan fingerprint density at radius 2 is 1.82 bits per heavy atom. The van der Waals surface area contributed by atoms with Gasteiger partial charge < -0.3 is 10.1 Å². The summed E-state index contributed by atoms with van der Waals surface area (Å²) in [5.41, 5.74) is 1.99. The van der Waals surface area contributed by atoms with Crippen molar-refractivity contribution in [2.75, 3.05) is 12.4 Å². The van der Waals surface area contributed by atoms with E-state index in [9.17, 15) is 9.59 Å². The van der Waals surface area contributed by atoms with Gasteiger partial charge in [-0.3, -0.25) is 4.79 Å². The fraction of sp³-hybridized carbons (Fsp3) is 0.429. The van der Waals surface area contributed by atoms with Gasteiger partial charge in [-0.25, -0.2) is 4.79 Å². The van der Waals surface area contributed by atoms with E-state index in [0.29, 0.717) is 32.1 Å². The van der Waals surface area contributed by atoms with Crippen LogP contribution in [0.2, 0.25) is 10.0 Å². The molecule has 7 heteroatoms. The highest BCUT2D eigenvalue weighted by Gasteiger charge is 2.34. The maximum Gasteiger partial charge on any atom is 0.341 e. The van der Waals surface area contributed by atoms with Crippen molar-refractivity contribution in [1.29, 1.82) is 0 Å². The van der Waals surface area contributed by atoms with E-state index in [1.54, 1.807) is 18.2 Å². The third-order valence-electron chi connectivity index (χ3n) is 5.23. The van der Waals surface area contributed by atoms with Gasteiger partial charge in [-0.1, -0.05) is 44.0 Å². The molecule has 1 aliphatic carbocycles. The van der Waals surface area contributed by atoms with Gasteiger partial charge in [0.1, 0.15) is 5.00 Å². The van der Waals surface area contributed by atoms with Crippen molar-refractivity contribution in [3.05, 3.63) is 49.8 Å². The first kappa shape index (κ1) is 21.2. The quantitative estimate of drug-likeness (QED) is 0.575. The lowest BCUT2D eigenvalue weighted by Gasteiger charge is -2.33. The van der Waals surface area contributed by atoms with E-state index in [0.717, 1.165) is 29.7 Å². The normalized spacial score (nSPS) is 16.4. The number of hydrogen-bond donors (Lipinski definition) is 1. The fourth-order valence-electron chi connectivity index (χ4n) is 3.59. The molecule has 0 aliphatic heterocycles. The van der Waals surface area contributed by atoms with Crippen LogP contribution in [0, 0.1) is 11.3 Å². The Bertz CT molecular complexity index is 910. The van der Waals surface area contributed by atoms with Gasteiger partial charge in [-0.05, 0) is 54.4 Å². The van der Waals surface area contributed by atoms with E-state index in [4.69, 9.17) is 27.9 Å². The molecule has 4 nitrogen and oxygen atoms in total. The fourth-order valence-corrected chi connectivity index (χ4v) is 5.43. The van der Waals surface area contributed by atoms with Gasteiger partial charge in [-0.2, -0.15) is 0 Å². The molecule has 3 rings (SSSR count). The van der Waals surface area contributed by atoms with Crippen LogP contribution in [0.25, 0.3) is 0 Å². The van der Waals surface area contributed by atoms with Crippen molar-refractivity contribution in [2.45, 2.75) is 40.0 Å². The highest BCUT2D eigenvalue weighted by atomic mass is 35.5. The number of carbonyl (C=O) groups excluding carboxylic acids is 2. The Morgan fingerprint density at radius 1 is 1.18 bits per heavy atom. The number of hydrogen-bond acceptors (Lipinski definition) is 4. The second kappa shape index (κ2) is 8.05. The molecule has 1 aromatic heterocycles. The third-order valence-corrected chi connectivity index (χ3v) is 6.84. The van der Waals surface area contributed by atoms with Crippen molar-refractivity contribution < 1.29 is 14.3 Å². The summed E-state index contributed by atoms with van der Waals surface area (Å²) in [6.07, 6.45) is 2.71. The molecule has 1 heterocycles. The SMILES string of the molecule is COC(=O)c1c(NC(=O)c2cc(Cl)cc(Cl)c2)sc2c1CCC(C(C)(C)C)C2. The lowest BCUT2D eigenvalue weighted by atomic mass is 9.72. The molecule has 1 aliphatic rings.